The molecule has 3 N–H and O–H groups in total. The lowest BCUT2D eigenvalue weighted by atomic mass is 10.3. The molecule has 2 aromatic rings. The van der Waals surface area contributed by atoms with E-state index in [1.807, 2.05) is 30.3 Å². The number of hydrogen-bond donors (Lipinski definition) is 2. The van der Waals surface area contributed by atoms with E-state index in [1.165, 1.54) is 11.0 Å². The highest BCUT2D eigenvalue weighted by Crippen LogP contribution is 2.04. The third kappa shape index (κ3) is 3.62. The van der Waals surface area contributed by atoms with Gasteiger partial charge in [0.2, 0.25) is 0 Å². The van der Waals surface area contributed by atoms with E-state index in [0.717, 1.165) is 18.5 Å². The van der Waals surface area contributed by atoms with Crippen LogP contribution in [0.5, 0.6) is 0 Å². The van der Waals surface area contributed by atoms with Gasteiger partial charge < -0.3 is 11.1 Å². The van der Waals surface area contributed by atoms with Crippen LogP contribution in [0.2, 0.25) is 0 Å². The number of amides is 1. The molecule has 100 valence electrons. The Kier molecular flexibility index (Phi) is 4.63. The quantitative estimate of drug-likeness (QED) is 0.749. The molecular formula is C13H17N5O. The van der Waals surface area contributed by atoms with Crippen molar-refractivity contribution >= 4 is 5.91 Å². The number of carbonyl (C=O) groups is 1. The second kappa shape index (κ2) is 6.65. The Morgan fingerprint density at radius 3 is 2.79 bits per heavy atom. The average Bonchev–Trinajstić information content (AvgIpc) is 2.94. The molecule has 6 nitrogen and oxygen atoms in total. The maximum absolute atomic E-state index is 11.8. The van der Waals surface area contributed by atoms with Crippen LogP contribution in [0.15, 0.2) is 36.5 Å². The molecule has 0 radical (unpaired) electrons. The van der Waals surface area contributed by atoms with Crippen molar-refractivity contribution in [1.29, 1.82) is 0 Å². The zero-order chi connectivity index (χ0) is 13.5. The molecule has 0 aliphatic heterocycles. The van der Waals surface area contributed by atoms with Crippen molar-refractivity contribution in [2.45, 2.75) is 12.8 Å². The van der Waals surface area contributed by atoms with Gasteiger partial charge in [-0.05, 0) is 31.5 Å². The number of nitrogens with zero attached hydrogens (tertiary/aromatic N) is 3. The van der Waals surface area contributed by atoms with Crippen LogP contribution in [0.4, 0.5) is 0 Å². The van der Waals surface area contributed by atoms with Gasteiger partial charge >= 0.3 is 0 Å². The fourth-order valence-corrected chi connectivity index (χ4v) is 1.61. The van der Waals surface area contributed by atoms with Gasteiger partial charge in [0.1, 0.15) is 0 Å². The largest absolute Gasteiger partial charge is 0.351 e. The minimum Gasteiger partial charge on any atom is -0.351 e. The number of aromatic nitrogens is 3. The Labute approximate surface area is 111 Å². The van der Waals surface area contributed by atoms with Crippen molar-refractivity contribution in [3.63, 3.8) is 0 Å². The Hall–Kier alpha value is -2.21. The molecule has 0 spiro atoms. The minimum absolute atomic E-state index is 0.209. The Bertz CT molecular complexity index is 523. The molecule has 0 aliphatic rings. The first kappa shape index (κ1) is 13.2. The summed E-state index contributed by atoms with van der Waals surface area (Å²) in [5, 5.41) is 11.0. The SMILES string of the molecule is NCCCCNC(=O)c1cnn(-c2ccccc2)n1. The van der Waals surface area contributed by atoms with Crippen LogP contribution >= 0.6 is 0 Å². The van der Waals surface area contributed by atoms with E-state index in [2.05, 4.69) is 15.5 Å². The number of nitrogens with one attached hydrogen (secondary N) is 1. The van der Waals surface area contributed by atoms with Crippen molar-refractivity contribution in [2.75, 3.05) is 13.1 Å². The maximum atomic E-state index is 11.8. The number of unbranched alkanes of at least 4 members (excludes halogenated alkanes) is 1. The molecule has 2 rings (SSSR count). The second-order valence-electron chi connectivity index (χ2n) is 4.11. The Morgan fingerprint density at radius 2 is 2.05 bits per heavy atom. The summed E-state index contributed by atoms with van der Waals surface area (Å²) in [6.45, 7) is 1.24. The summed E-state index contributed by atoms with van der Waals surface area (Å²) in [6, 6.07) is 9.46. The highest BCUT2D eigenvalue weighted by atomic mass is 16.2. The van der Waals surface area contributed by atoms with E-state index in [-0.39, 0.29) is 5.91 Å². The summed E-state index contributed by atoms with van der Waals surface area (Å²) in [5.41, 5.74) is 6.53. The van der Waals surface area contributed by atoms with Gasteiger partial charge in [0, 0.05) is 6.54 Å². The van der Waals surface area contributed by atoms with Crippen molar-refractivity contribution in [3.8, 4) is 5.69 Å². The van der Waals surface area contributed by atoms with Gasteiger partial charge in [-0.25, -0.2) is 0 Å². The molecule has 6 heteroatoms. The van der Waals surface area contributed by atoms with E-state index >= 15 is 0 Å². The Morgan fingerprint density at radius 1 is 1.26 bits per heavy atom. The molecule has 1 aromatic carbocycles. The van der Waals surface area contributed by atoms with Gasteiger partial charge in [-0.15, -0.1) is 5.10 Å². The molecule has 0 bridgehead atoms. The summed E-state index contributed by atoms with van der Waals surface area (Å²) in [4.78, 5) is 13.2. The van der Waals surface area contributed by atoms with Gasteiger partial charge in [-0.3, -0.25) is 4.79 Å². The summed E-state index contributed by atoms with van der Waals surface area (Å²) in [7, 11) is 0. The standard InChI is InChI=1S/C13H17N5O/c14-8-4-5-9-15-13(19)12-10-16-18(17-12)11-6-2-1-3-7-11/h1-3,6-7,10H,4-5,8-9,14H2,(H,15,19). The lowest BCUT2D eigenvalue weighted by Gasteiger charge is -2.01. The number of benzene rings is 1. The molecule has 0 unspecified atom stereocenters. The lowest BCUT2D eigenvalue weighted by Crippen LogP contribution is -2.25. The van der Waals surface area contributed by atoms with Crippen LogP contribution in [0.3, 0.4) is 0 Å². The molecule has 0 aliphatic carbocycles. The van der Waals surface area contributed by atoms with Crippen LogP contribution in [-0.4, -0.2) is 34.0 Å². The maximum Gasteiger partial charge on any atom is 0.273 e. The number of rotatable bonds is 6. The molecule has 1 aromatic heterocycles. The minimum atomic E-state index is -0.209. The zero-order valence-electron chi connectivity index (χ0n) is 10.6. The first-order chi connectivity index (χ1) is 9.31. The van der Waals surface area contributed by atoms with Crippen LogP contribution in [0.25, 0.3) is 5.69 Å². The first-order valence-electron chi connectivity index (χ1n) is 6.27. The van der Waals surface area contributed by atoms with Crippen molar-refractivity contribution < 1.29 is 4.79 Å². The predicted molar refractivity (Wildman–Crippen MR) is 72.0 cm³/mol. The van der Waals surface area contributed by atoms with Crippen LogP contribution in [-0.2, 0) is 0 Å². The molecule has 1 heterocycles. The fraction of sp³-hybridized carbons (Fsp3) is 0.308. The topological polar surface area (TPSA) is 85.8 Å². The fourth-order valence-electron chi connectivity index (χ4n) is 1.61. The molecule has 19 heavy (non-hydrogen) atoms. The van der Waals surface area contributed by atoms with Crippen molar-refractivity contribution in [2.24, 2.45) is 5.73 Å². The number of hydrogen-bond acceptors (Lipinski definition) is 4. The number of carbonyl (C=O) groups excluding carboxylic acids is 1. The average molecular weight is 259 g/mol. The summed E-state index contributed by atoms with van der Waals surface area (Å²) in [6.07, 6.45) is 3.23. The predicted octanol–water partition coefficient (Wildman–Crippen LogP) is 0.736. The van der Waals surface area contributed by atoms with E-state index in [0.29, 0.717) is 18.8 Å². The van der Waals surface area contributed by atoms with Gasteiger partial charge in [-0.2, -0.15) is 9.90 Å². The summed E-state index contributed by atoms with van der Waals surface area (Å²) < 4.78 is 0. The zero-order valence-corrected chi connectivity index (χ0v) is 10.6. The van der Waals surface area contributed by atoms with Crippen molar-refractivity contribution in [3.05, 3.63) is 42.2 Å². The molecular weight excluding hydrogens is 242 g/mol. The third-order valence-corrected chi connectivity index (χ3v) is 2.63. The monoisotopic (exact) mass is 259 g/mol. The van der Waals surface area contributed by atoms with Gasteiger partial charge in [0.05, 0.1) is 11.9 Å². The highest BCUT2D eigenvalue weighted by Gasteiger charge is 2.10. The van der Waals surface area contributed by atoms with Crippen LogP contribution < -0.4 is 11.1 Å². The summed E-state index contributed by atoms with van der Waals surface area (Å²) in [5.74, 6) is -0.209. The van der Waals surface area contributed by atoms with E-state index in [4.69, 9.17) is 5.73 Å². The third-order valence-electron chi connectivity index (χ3n) is 2.63. The number of para-hydroxylation sites is 1. The van der Waals surface area contributed by atoms with E-state index < -0.39 is 0 Å². The van der Waals surface area contributed by atoms with Crippen molar-refractivity contribution in [1.82, 2.24) is 20.3 Å². The molecule has 0 saturated heterocycles. The second-order valence-corrected chi connectivity index (χ2v) is 4.11. The smallest absolute Gasteiger partial charge is 0.273 e. The van der Waals surface area contributed by atoms with Gasteiger partial charge in [-0.1, -0.05) is 18.2 Å². The lowest BCUT2D eigenvalue weighted by molar-refractivity contribution is 0.0947. The van der Waals surface area contributed by atoms with Crippen LogP contribution in [0.1, 0.15) is 23.3 Å². The molecule has 0 fully saturated rings. The number of nitrogens with two attached hydrogens (primary N) is 1. The molecule has 1 amide bonds. The van der Waals surface area contributed by atoms with Gasteiger partial charge in [0.25, 0.3) is 5.91 Å². The van der Waals surface area contributed by atoms with E-state index in [9.17, 15) is 4.79 Å². The van der Waals surface area contributed by atoms with Crippen LogP contribution in [0, 0.1) is 0 Å². The first-order valence-corrected chi connectivity index (χ1v) is 6.27. The van der Waals surface area contributed by atoms with Gasteiger partial charge in [0.15, 0.2) is 5.69 Å². The molecule has 0 atom stereocenters. The molecule has 0 saturated carbocycles. The Balaban J connectivity index is 1.95. The summed E-state index contributed by atoms with van der Waals surface area (Å²) >= 11 is 0. The van der Waals surface area contributed by atoms with E-state index in [1.54, 1.807) is 0 Å². The highest BCUT2D eigenvalue weighted by molar-refractivity contribution is 5.91. The normalized spacial score (nSPS) is 10.4.